The van der Waals surface area contributed by atoms with Gasteiger partial charge in [0.1, 0.15) is 24.1 Å². The summed E-state index contributed by atoms with van der Waals surface area (Å²) in [7, 11) is 0. The number of hydrogen-bond acceptors (Lipinski definition) is 5. The summed E-state index contributed by atoms with van der Waals surface area (Å²) in [5, 5.41) is 39.7. The minimum absolute atomic E-state index is 0.262. The van der Waals surface area contributed by atoms with Gasteiger partial charge < -0.3 is 25.2 Å². The Morgan fingerprint density at radius 3 is 2.33 bits per heavy atom. The second kappa shape index (κ2) is 8.67. The van der Waals surface area contributed by atoms with Gasteiger partial charge in [-0.3, -0.25) is 0 Å². The molecule has 4 N–H and O–H groups in total. The lowest BCUT2D eigenvalue weighted by Gasteiger charge is -2.39. The first-order valence-electron chi connectivity index (χ1n) is 9.14. The van der Waals surface area contributed by atoms with Gasteiger partial charge in [0.25, 0.3) is 0 Å². The number of hydrogen-bond donors (Lipinski definition) is 4. The van der Waals surface area contributed by atoms with Crippen molar-refractivity contribution < 1.29 is 25.2 Å². The highest BCUT2D eigenvalue weighted by atomic mass is 16.5. The molecule has 0 aliphatic heterocycles. The van der Waals surface area contributed by atoms with Crippen LogP contribution in [0.5, 0.6) is 5.75 Å². The van der Waals surface area contributed by atoms with Gasteiger partial charge in [0.05, 0.1) is 6.10 Å². The van der Waals surface area contributed by atoms with Crippen molar-refractivity contribution in [2.75, 3.05) is 6.61 Å². The molecule has 0 amide bonds. The van der Waals surface area contributed by atoms with E-state index in [9.17, 15) is 20.4 Å². The van der Waals surface area contributed by atoms with Crippen LogP contribution >= 0.6 is 0 Å². The van der Waals surface area contributed by atoms with E-state index >= 15 is 0 Å². The summed E-state index contributed by atoms with van der Waals surface area (Å²) < 4.78 is 6.02. The average Bonchev–Trinajstić information content (AvgIpc) is 2.70. The zero-order chi connectivity index (χ0) is 19.4. The van der Waals surface area contributed by atoms with Gasteiger partial charge in [-0.1, -0.05) is 55.1 Å². The normalized spacial score (nSPS) is 27.9. The minimum atomic E-state index is -1.35. The van der Waals surface area contributed by atoms with Crippen LogP contribution in [0.4, 0.5) is 0 Å². The molecule has 0 aromatic heterocycles. The molecule has 0 heterocycles. The SMILES string of the molecule is C=Cc1ccc(Cc2ccccc2O[C@@H]2C[C@H](CO)[C@@H](O)[C@H](O)[C@H]2O)cc1. The summed E-state index contributed by atoms with van der Waals surface area (Å²) in [5.41, 5.74) is 3.12. The Labute approximate surface area is 159 Å². The summed E-state index contributed by atoms with van der Waals surface area (Å²) >= 11 is 0. The van der Waals surface area contributed by atoms with Crippen molar-refractivity contribution in [2.24, 2.45) is 5.92 Å². The van der Waals surface area contributed by atoms with Crippen LogP contribution in [0.2, 0.25) is 0 Å². The average molecular weight is 370 g/mol. The second-order valence-corrected chi connectivity index (χ2v) is 7.04. The number of benzene rings is 2. The number of rotatable bonds is 6. The van der Waals surface area contributed by atoms with E-state index < -0.39 is 30.3 Å². The monoisotopic (exact) mass is 370 g/mol. The van der Waals surface area contributed by atoms with Crippen LogP contribution in [-0.2, 0) is 6.42 Å². The van der Waals surface area contributed by atoms with E-state index in [1.54, 1.807) is 6.08 Å². The van der Waals surface area contributed by atoms with Crippen molar-refractivity contribution in [3.05, 3.63) is 71.8 Å². The molecule has 1 aliphatic rings. The van der Waals surface area contributed by atoms with E-state index in [1.165, 1.54) is 0 Å². The molecule has 27 heavy (non-hydrogen) atoms. The maximum absolute atomic E-state index is 10.3. The van der Waals surface area contributed by atoms with Crippen LogP contribution in [0.3, 0.4) is 0 Å². The van der Waals surface area contributed by atoms with Crippen LogP contribution in [0.25, 0.3) is 6.08 Å². The van der Waals surface area contributed by atoms with E-state index in [1.807, 2.05) is 48.5 Å². The fraction of sp³-hybridized carbons (Fsp3) is 0.364. The highest BCUT2D eigenvalue weighted by Gasteiger charge is 2.43. The van der Waals surface area contributed by atoms with E-state index in [0.29, 0.717) is 12.2 Å². The van der Waals surface area contributed by atoms with Gasteiger partial charge in [0.2, 0.25) is 0 Å². The van der Waals surface area contributed by atoms with Crippen molar-refractivity contribution >= 4 is 6.08 Å². The highest BCUT2D eigenvalue weighted by molar-refractivity contribution is 5.48. The molecule has 0 radical (unpaired) electrons. The third-order valence-corrected chi connectivity index (χ3v) is 5.19. The van der Waals surface area contributed by atoms with Gasteiger partial charge in [0.15, 0.2) is 0 Å². The molecule has 1 saturated carbocycles. The molecule has 1 aliphatic carbocycles. The van der Waals surface area contributed by atoms with Crippen molar-refractivity contribution in [1.82, 2.24) is 0 Å². The molecule has 0 bridgehead atoms. The number of ether oxygens (including phenoxy) is 1. The topological polar surface area (TPSA) is 90.2 Å². The molecular weight excluding hydrogens is 344 g/mol. The first kappa shape index (κ1) is 19.6. The van der Waals surface area contributed by atoms with Gasteiger partial charge in [-0.05, 0) is 29.2 Å². The van der Waals surface area contributed by atoms with E-state index in [-0.39, 0.29) is 13.0 Å². The van der Waals surface area contributed by atoms with Crippen molar-refractivity contribution in [2.45, 2.75) is 37.3 Å². The molecule has 5 heteroatoms. The van der Waals surface area contributed by atoms with Crippen LogP contribution in [0.15, 0.2) is 55.1 Å². The molecule has 5 nitrogen and oxygen atoms in total. The number of aliphatic hydroxyl groups is 4. The summed E-state index contributed by atoms with van der Waals surface area (Å²) in [4.78, 5) is 0. The third-order valence-electron chi connectivity index (χ3n) is 5.19. The zero-order valence-corrected chi connectivity index (χ0v) is 15.1. The molecule has 0 unspecified atom stereocenters. The molecular formula is C22H26O5. The van der Waals surface area contributed by atoms with E-state index in [2.05, 4.69) is 6.58 Å². The Bertz CT molecular complexity index is 756. The van der Waals surface area contributed by atoms with Gasteiger partial charge in [-0.15, -0.1) is 0 Å². The summed E-state index contributed by atoms with van der Waals surface area (Å²) in [6.45, 7) is 3.48. The van der Waals surface area contributed by atoms with Gasteiger partial charge in [-0.2, -0.15) is 0 Å². The summed E-state index contributed by atoms with van der Waals surface area (Å²) in [6, 6.07) is 15.6. The molecule has 0 saturated heterocycles. The largest absolute Gasteiger partial charge is 0.487 e. The van der Waals surface area contributed by atoms with Crippen molar-refractivity contribution in [3.8, 4) is 5.75 Å². The molecule has 3 rings (SSSR count). The minimum Gasteiger partial charge on any atom is -0.487 e. The Morgan fingerprint density at radius 1 is 0.963 bits per heavy atom. The lowest BCUT2D eigenvalue weighted by molar-refractivity contribution is -0.157. The number of aliphatic hydroxyl groups excluding tert-OH is 4. The first-order valence-corrected chi connectivity index (χ1v) is 9.14. The van der Waals surface area contributed by atoms with Crippen molar-refractivity contribution in [1.29, 1.82) is 0 Å². The summed E-state index contributed by atoms with van der Waals surface area (Å²) in [5.74, 6) is 0.0848. The second-order valence-electron chi connectivity index (χ2n) is 7.04. The third kappa shape index (κ3) is 4.39. The van der Waals surface area contributed by atoms with Gasteiger partial charge in [-0.25, -0.2) is 0 Å². The Kier molecular flexibility index (Phi) is 6.29. The maximum Gasteiger partial charge on any atom is 0.128 e. The number of para-hydroxylation sites is 1. The van der Waals surface area contributed by atoms with Gasteiger partial charge in [0, 0.05) is 18.9 Å². The van der Waals surface area contributed by atoms with Crippen LogP contribution in [0.1, 0.15) is 23.1 Å². The molecule has 2 aromatic carbocycles. The van der Waals surface area contributed by atoms with E-state index in [4.69, 9.17) is 4.74 Å². The molecule has 0 spiro atoms. The molecule has 1 fully saturated rings. The Balaban J connectivity index is 1.78. The van der Waals surface area contributed by atoms with Crippen LogP contribution < -0.4 is 4.74 Å². The fourth-order valence-electron chi connectivity index (χ4n) is 3.50. The zero-order valence-electron chi connectivity index (χ0n) is 15.1. The molecule has 144 valence electrons. The van der Waals surface area contributed by atoms with Crippen LogP contribution in [0, 0.1) is 5.92 Å². The first-order chi connectivity index (χ1) is 13.0. The predicted molar refractivity (Wildman–Crippen MR) is 103 cm³/mol. The highest BCUT2D eigenvalue weighted by Crippen LogP contribution is 2.31. The van der Waals surface area contributed by atoms with Crippen molar-refractivity contribution in [3.63, 3.8) is 0 Å². The van der Waals surface area contributed by atoms with Crippen LogP contribution in [-0.4, -0.2) is 51.4 Å². The summed E-state index contributed by atoms with van der Waals surface area (Å²) in [6.07, 6.45) is -1.72. The fourth-order valence-corrected chi connectivity index (χ4v) is 3.50. The maximum atomic E-state index is 10.3. The Hall–Kier alpha value is -2.18. The predicted octanol–water partition coefficient (Wildman–Crippen LogP) is 1.76. The lowest BCUT2D eigenvalue weighted by Crippen LogP contribution is -2.56. The van der Waals surface area contributed by atoms with E-state index in [0.717, 1.165) is 16.7 Å². The quantitative estimate of drug-likeness (QED) is 0.622. The molecule has 5 atom stereocenters. The molecule has 2 aromatic rings. The standard InChI is InChI=1S/C22H26O5/c1-2-14-7-9-15(10-8-14)11-16-5-3-4-6-18(16)27-19-12-17(13-23)20(24)22(26)21(19)25/h2-10,17,19-26H,1,11-13H2/t17-,19-,20-,21+,22+/m1/s1. The Morgan fingerprint density at radius 2 is 1.67 bits per heavy atom. The van der Waals surface area contributed by atoms with Gasteiger partial charge >= 0.3 is 0 Å². The lowest BCUT2D eigenvalue weighted by atomic mass is 9.81. The smallest absolute Gasteiger partial charge is 0.128 e.